The maximum atomic E-state index is 12.8. The molecule has 2 unspecified atom stereocenters. The predicted octanol–water partition coefficient (Wildman–Crippen LogP) is 13.6. The highest BCUT2D eigenvalue weighted by Crippen LogP contribution is 2.16. The Hall–Kier alpha value is -3.01. The molecule has 0 radical (unpaired) electrons. The van der Waals surface area contributed by atoms with Gasteiger partial charge in [-0.25, -0.2) is 0 Å². The molecule has 0 aromatic carbocycles. The van der Waals surface area contributed by atoms with Crippen molar-refractivity contribution < 1.29 is 42.9 Å². The summed E-state index contributed by atoms with van der Waals surface area (Å²) in [5, 5.41) is 11.7. The maximum absolute atomic E-state index is 12.8. The zero-order chi connectivity index (χ0) is 47.7. The summed E-state index contributed by atoms with van der Waals surface area (Å²) in [7, 11) is 5.91. The minimum absolute atomic E-state index is 0.144. The van der Waals surface area contributed by atoms with Crippen LogP contribution >= 0.6 is 0 Å². The van der Waals surface area contributed by atoms with Crippen LogP contribution < -0.4 is 5.11 Å². The van der Waals surface area contributed by atoms with E-state index in [9.17, 15) is 19.5 Å². The Kier molecular flexibility index (Phi) is 45.3. The highest BCUT2D eigenvalue weighted by Gasteiger charge is 2.22. The number of quaternary nitrogens is 1. The number of unbranched alkanes of at least 4 members (excludes halogenated alkanes) is 23. The van der Waals surface area contributed by atoms with Crippen LogP contribution in [0, 0.1) is 0 Å². The molecule has 0 saturated heterocycles. The second-order valence-electron chi connectivity index (χ2n) is 18.8. The fourth-order valence-electron chi connectivity index (χ4n) is 7.21. The summed E-state index contributed by atoms with van der Waals surface area (Å²) in [6, 6.07) is 0. The van der Waals surface area contributed by atoms with E-state index in [0.29, 0.717) is 23.9 Å². The summed E-state index contributed by atoms with van der Waals surface area (Å²) in [5.74, 6) is -2.29. The van der Waals surface area contributed by atoms with Gasteiger partial charge in [0.15, 0.2) is 12.4 Å². The molecule has 0 N–H and O–H groups in total. The Morgan fingerprint density at radius 1 is 0.477 bits per heavy atom. The molecule has 0 spiro atoms. The minimum Gasteiger partial charge on any atom is -0.545 e. The summed E-state index contributed by atoms with van der Waals surface area (Å²) in [6.07, 6.45) is 55.3. The Morgan fingerprint density at radius 2 is 0.877 bits per heavy atom. The largest absolute Gasteiger partial charge is 0.545 e. The molecule has 0 aliphatic carbocycles. The summed E-state index contributed by atoms with van der Waals surface area (Å²) in [6.45, 7) is 4.63. The molecule has 0 aliphatic rings. The third-order valence-corrected chi connectivity index (χ3v) is 11.3. The first kappa shape index (κ1) is 62.0. The van der Waals surface area contributed by atoms with Crippen LogP contribution in [0.5, 0.6) is 0 Å². The molecule has 376 valence electrons. The number of carboxylic acid groups (broad SMARTS) is 1. The summed E-state index contributed by atoms with van der Waals surface area (Å²) in [5.41, 5.74) is 0. The van der Waals surface area contributed by atoms with E-state index in [2.05, 4.69) is 74.6 Å². The van der Waals surface area contributed by atoms with E-state index in [1.54, 1.807) is 0 Å². The lowest BCUT2D eigenvalue weighted by Gasteiger charge is -2.26. The molecule has 0 fully saturated rings. The van der Waals surface area contributed by atoms with Crippen LogP contribution in [0.4, 0.5) is 0 Å². The number of nitrogens with zero attached hydrogens (tertiary/aromatic N) is 1. The molecule has 9 nitrogen and oxygen atoms in total. The number of allylic oxidation sites excluding steroid dienone is 10. The highest BCUT2D eigenvalue weighted by molar-refractivity contribution is 5.70. The van der Waals surface area contributed by atoms with Gasteiger partial charge in [-0.15, -0.1) is 0 Å². The molecule has 0 bridgehead atoms. The normalized spacial score (nSPS) is 13.3. The second-order valence-corrected chi connectivity index (χ2v) is 18.8. The first-order valence-electron chi connectivity index (χ1n) is 26.4. The number of carbonyl (C=O) groups is 3. The van der Waals surface area contributed by atoms with Gasteiger partial charge < -0.3 is 33.3 Å². The van der Waals surface area contributed by atoms with Gasteiger partial charge in [0, 0.05) is 12.8 Å². The van der Waals surface area contributed by atoms with Crippen LogP contribution in [0.3, 0.4) is 0 Å². The van der Waals surface area contributed by atoms with Crippen molar-refractivity contribution in [3.05, 3.63) is 60.8 Å². The topological polar surface area (TPSA) is 111 Å². The Labute approximate surface area is 399 Å². The van der Waals surface area contributed by atoms with Gasteiger partial charge >= 0.3 is 11.9 Å². The van der Waals surface area contributed by atoms with E-state index in [-0.39, 0.29) is 32.2 Å². The fourth-order valence-corrected chi connectivity index (χ4v) is 7.21. The lowest BCUT2D eigenvalue weighted by molar-refractivity contribution is -0.870. The van der Waals surface area contributed by atoms with Gasteiger partial charge in [0.1, 0.15) is 13.2 Å². The number of rotatable bonds is 48. The molecule has 0 aliphatic heterocycles. The number of carboxylic acids is 1. The zero-order valence-electron chi connectivity index (χ0n) is 42.6. The SMILES string of the molecule is CC/C=C\C/C=C\C/C=C\C/C=C\C/C=C\CCCCCCCCCC(=O)OC(COC(=O)CCCCCCCCCCCCCCCCCCC)COC(OCC[N+](C)(C)C)C(=O)[O-]. The lowest BCUT2D eigenvalue weighted by Crippen LogP contribution is -2.44. The fraction of sp³-hybridized carbons (Fsp3) is 0.768. The van der Waals surface area contributed by atoms with Crippen LogP contribution in [0.15, 0.2) is 60.8 Å². The van der Waals surface area contributed by atoms with E-state index in [0.717, 1.165) is 77.0 Å². The Morgan fingerprint density at radius 3 is 1.31 bits per heavy atom. The van der Waals surface area contributed by atoms with Gasteiger partial charge in [0.2, 0.25) is 0 Å². The third-order valence-electron chi connectivity index (χ3n) is 11.3. The number of likely N-dealkylation sites (N-methyl/N-ethyl adjacent to an activating group) is 1. The lowest BCUT2D eigenvalue weighted by atomic mass is 10.0. The van der Waals surface area contributed by atoms with Gasteiger partial charge in [-0.05, 0) is 57.8 Å². The Bertz CT molecular complexity index is 1250. The van der Waals surface area contributed by atoms with Crippen LogP contribution in [0.25, 0.3) is 0 Å². The molecular formula is C56H99NO8. The van der Waals surface area contributed by atoms with Gasteiger partial charge in [0.25, 0.3) is 0 Å². The van der Waals surface area contributed by atoms with Crippen molar-refractivity contribution >= 4 is 17.9 Å². The van der Waals surface area contributed by atoms with E-state index < -0.39 is 24.3 Å². The smallest absolute Gasteiger partial charge is 0.306 e. The van der Waals surface area contributed by atoms with E-state index in [4.69, 9.17) is 18.9 Å². The van der Waals surface area contributed by atoms with Gasteiger partial charge in [-0.1, -0.05) is 209 Å². The van der Waals surface area contributed by atoms with Gasteiger partial charge in [-0.3, -0.25) is 9.59 Å². The first-order valence-corrected chi connectivity index (χ1v) is 26.4. The quantitative estimate of drug-likeness (QED) is 0.0195. The number of esters is 2. The molecule has 0 heterocycles. The third kappa shape index (κ3) is 48.7. The van der Waals surface area contributed by atoms with Crippen molar-refractivity contribution in [3.8, 4) is 0 Å². The van der Waals surface area contributed by atoms with E-state index in [1.807, 2.05) is 21.1 Å². The number of ether oxygens (including phenoxy) is 4. The monoisotopic (exact) mass is 914 g/mol. The van der Waals surface area contributed by atoms with Crippen molar-refractivity contribution in [1.29, 1.82) is 0 Å². The molecule has 2 atom stereocenters. The first-order chi connectivity index (χ1) is 31.6. The minimum atomic E-state index is -1.62. The molecule has 0 aromatic rings. The predicted molar refractivity (Wildman–Crippen MR) is 269 cm³/mol. The molecule has 9 heteroatoms. The van der Waals surface area contributed by atoms with E-state index in [1.165, 1.54) is 109 Å². The summed E-state index contributed by atoms with van der Waals surface area (Å²) in [4.78, 5) is 37.2. The average Bonchev–Trinajstić information content (AvgIpc) is 3.27. The molecule has 0 aromatic heterocycles. The standard InChI is InChI=1S/C56H99NO8/c1-6-8-10-12-14-16-18-20-22-24-25-26-27-28-29-31-33-35-37-39-41-43-45-47-54(59)65-52(51-64-56(55(60)61)62-49-48-57(3,4)5)50-63-53(58)46-44-42-40-38-36-34-32-30-23-21-19-17-15-13-11-9-7-2/h8,10,14,16,20,22,25-26,28-29,52,56H,6-7,9,11-13,15,17-19,21,23-24,27,30-51H2,1-5H3/b10-8-,16-14-,22-20-,26-25-,29-28-. The molecule has 0 amide bonds. The molecular weight excluding hydrogens is 815 g/mol. The molecule has 65 heavy (non-hydrogen) atoms. The van der Waals surface area contributed by atoms with E-state index >= 15 is 0 Å². The zero-order valence-corrected chi connectivity index (χ0v) is 42.6. The Balaban J connectivity index is 4.34. The number of carbonyl (C=O) groups excluding carboxylic acids is 3. The van der Waals surface area contributed by atoms with Crippen molar-refractivity contribution in [1.82, 2.24) is 0 Å². The summed E-state index contributed by atoms with van der Waals surface area (Å²) < 4.78 is 22.6. The molecule has 0 saturated carbocycles. The number of hydrogen-bond acceptors (Lipinski definition) is 8. The second kappa shape index (κ2) is 47.5. The van der Waals surface area contributed by atoms with Crippen molar-refractivity contribution in [2.75, 3.05) is 47.5 Å². The maximum Gasteiger partial charge on any atom is 0.306 e. The van der Waals surface area contributed by atoms with Gasteiger partial charge in [-0.2, -0.15) is 0 Å². The van der Waals surface area contributed by atoms with Crippen LogP contribution in [0.1, 0.15) is 219 Å². The van der Waals surface area contributed by atoms with Crippen molar-refractivity contribution in [3.63, 3.8) is 0 Å². The highest BCUT2D eigenvalue weighted by atomic mass is 16.7. The number of aliphatic carboxylic acids is 1. The summed E-state index contributed by atoms with van der Waals surface area (Å²) >= 11 is 0. The average molecular weight is 914 g/mol. The van der Waals surface area contributed by atoms with Crippen LogP contribution in [0.2, 0.25) is 0 Å². The van der Waals surface area contributed by atoms with Crippen LogP contribution in [-0.4, -0.2) is 82.3 Å². The molecule has 0 rings (SSSR count). The van der Waals surface area contributed by atoms with Gasteiger partial charge in [0.05, 0.1) is 40.3 Å². The van der Waals surface area contributed by atoms with Crippen LogP contribution in [-0.2, 0) is 33.3 Å². The van der Waals surface area contributed by atoms with Crippen molar-refractivity contribution in [2.24, 2.45) is 0 Å². The van der Waals surface area contributed by atoms with Crippen molar-refractivity contribution in [2.45, 2.75) is 232 Å². The number of hydrogen-bond donors (Lipinski definition) is 0.